The molecule has 3 aromatic heterocycles. The fraction of sp³-hybridized carbons (Fsp3) is 0.208. The minimum atomic E-state index is -0.112. The molecule has 5 rings (SSSR count). The fourth-order valence-corrected chi connectivity index (χ4v) is 4.18. The summed E-state index contributed by atoms with van der Waals surface area (Å²) in [7, 11) is 1.88. The van der Waals surface area contributed by atoms with Crippen LogP contribution in [0.3, 0.4) is 0 Å². The topological polar surface area (TPSA) is 87.7 Å². The van der Waals surface area contributed by atoms with Crippen molar-refractivity contribution in [2.75, 3.05) is 11.4 Å². The summed E-state index contributed by atoms with van der Waals surface area (Å²) in [5, 5.41) is 14.7. The van der Waals surface area contributed by atoms with Gasteiger partial charge >= 0.3 is 0 Å². The van der Waals surface area contributed by atoms with E-state index < -0.39 is 0 Å². The second-order valence-electron chi connectivity index (χ2n) is 7.86. The molecule has 0 aliphatic carbocycles. The van der Waals surface area contributed by atoms with Crippen molar-refractivity contribution in [3.8, 4) is 6.07 Å². The van der Waals surface area contributed by atoms with Gasteiger partial charge in [0.25, 0.3) is 5.91 Å². The first-order valence-electron chi connectivity index (χ1n) is 10.1. The van der Waals surface area contributed by atoms with Crippen LogP contribution in [-0.2, 0) is 19.9 Å². The van der Waals surface area contributed by atoms with Crippen molar-refractivity contribution in [2.24, 2.45) is 7.05 Å². The van der Waals surface area contributed by atoms with Gasteiger partial charge in [-0.15, -0.1) is 0 Å². The highest BCUT2D eigenvalue weighted by Crippen LogP contribution is 2.28. The first-order chi connectivity index (χ1) is 15.0. The SMILES string of the molecule is Cc1cc2c(cc1Cc1cnc3nn(C)cc3c1)C(=O)N(c1ncccc1C#N)CC2. The predicted octanol–water partition coefficient (Wildman–Crippen LogP) is 3.34. The van der Waals surface area contributed by atoms with Gasteiger partial charge in [-0.05, 0) is 66.3 Å². The Balaban J connectivity index is 1.50. The first kappa shape index (κ1) is 18.9. The van der Waals surface area contributed by atoms with E-state index in [9.17, 15) is 10.1 Å². The lowest BCUT2D eigenvalue weighted by atomic mass is 9.91. The van der Waals surface area contributed by atoms with Gasteiger partial charge in [-0.25, -0.2) is 9.97 Å². The number of carbonyl (C=O) groups excluding carboxylic acids is 1. The molecule has 0 radical (unpaired) electrons. The number of hydrogen-bond donors (Lipinski definition) is 0. The standard InChI is InChI=1S/C24H20N6O/c1-15-8-17-5-7-30(23-18(12-25)4-3-6-26-23)24(31)21(17)11-19(15)9-16-10-20-14-29(2)28-22(20)27-13-16/h3-4,6,8,10-11,13-14H,5,7,9H2,1-2H3. The van der Waals surface area contributed by atoms with E-state index in [1.165, 1.54) is 0 Å². The van der Waals surface area contributed by atoms with Gasteiger partial charge in [0.05, 0.1) is 5.56 Å². The molecule has 0 saturated carbocycles. The number of carbonyl (C=O) groups is 1. The molecule has 4 heterocycles. The van der Waals surface area contributed by atoms with E-state index in [2.05, 4.69) is 40.2 Å². The number of benzene rings is 1. The molecule has 0 unspecified atom stereocenters. The average Bonchev–Trinajstić information content (AvgIpc) is 3.14. The second kappa shape index (κ2) is 7.33. The smallest absolute Gasteiger partial charge is 0.259 e. The van der Waals surface area contributed by atoms with Gasteiger partial charge in [0.1, 0.15) is 6.07 Å². The third kappa shape index (κ3) is 3.32. The third-order valence-electron chi connectivity index (χ3n) is 5.73. The highest BCUT2D eigenvalue weighted by atomic mass is 16.2. The summed E-state index contributed by atoms with van der Waals surface area (Å²) in [5.41, 5.74) is 6.16. The molecule has 1 amide bonds. The molecular weight excluding hydrogens is 388 g/mol. The summed E-state index contributed by atoms with van der Waals surface area (Å²) in [6.45, 7) is 2.59. The molecule has 152 valence electrons. The molecule has 4 aromatic rings. The summed E-state index contributed by atoms with van der Waals surface area (Å²) >= 11 is 0. The quantitative estimate of drug-likeness (QED) is 0.519. The Hall–Kier alpha value is -4.05. The molecule has 0 bridgehead atoms. The van der Waals surface area contributed by atoms with Crippen LogP contribution in [0.25, 0.3) is 11.0 Å². The van der Waals surface area contributed by atoms with Crippen LogP contribution in [0.15, 0.2) is 48.9 Å². The molecule has 7 heteroatoms. The lowest BCUT2D eigenvalue weighted by Gasteiger charge is -2.29. The van der Waals surface area contributed by atoms with Crippen molar-refractivity contribution in [1.82, 2.24) is 19.7 Å². The van der Waals surface area contributed by atoms with Crippen LogP contribution >= 0.6 is 0 Å². The third-order valence-corrected chi connectivity index (χ3v) is 5.73. The molecule has 1 aliphatic heterocycles. The molecule has 31 heavy (non-hydrogen) atoms. The monoisotopic (exact) mass is 408 g/mol. The molecule has 1 aromatic carbocycles. The van der Waals surface area contributed by atoms with Gasteiger partial charge in [0, 0.05) is 43.1 Å². The maximum Gasteiger partial charge on any atom is 0.259 e. The average molecular weight is 408 g/mol. The van der Waals surface area contributed by atoms with Gasteiger partial charge in [-0.1, -0.05) is 6.07 Å². The van der Waals surface area contributed by atoms with E-state index in [1.807, 2.05) is 25.5 Å². The molecule has 7 nitrogen and oxygen atoms in total. The van der Waals surface area contributed by atoms with Crippen molar-refractivity contribution in [1.29, 1.82) is 5.26 Å². The number of nitriles is 1. The molecule has 0 spiro atoms. The molecular formula is C24H20N6O. The predicted molar refractivity (Wildman–Crippen MR) is 117 cm³/mol. The number of amides is 1. The van der Waals surface area contributed by atoms with Gasteiger partial charge in [0.2, 0.25) is 0 Å². The van der Waals surface area contributed by atoms with Gasteiger partial charge in [-0.2, -0.15) is 10.4 Å². The molecule has 0 atom stereocenters. The fourth-order valence-electron chi connectivity index (χ4n) is 4.18. The van der Waals surface area contributed by atoms with Crippen LogP contribution in [0, 0.1) is 18.3 Å². The van der Waals surface area contributed by atoms with E-state index in [0.717, 1.165) is 39.7 Å². The van der Waals surface area contributed by atoms with E-state index in [1.54, 1.807) is 27.9 Å². The normalized spacial score (nSPS) is 13.3. The zero-order chi connectivity index (χ0) is 21.5. The zero-order valence-electron chi connectivity index (χ0n) is 17.3. The van der Waals surface area contributed by atoms with Gasteiger partial charge < -0.3 is 0 Å². The largest absolute Gasteiger partial charge is 0.291 e. The maximum atomic E-state index is 13.3. The van der Waals surface area contributed by atoms with Crippen molar-refractivity contribution in [2.45, 2.75) is 19.8 Å². The Morgan fingerprint density at radius 1 is 1.23 bits per heavy atom. The van der Waals surface area contributed by atoms with E-state index in [0.29, 0.717) is 29.9 Å². The van der Waals surface area contributed by atoms with Gasteiger partial charge in [0.15, 0.2) is 11.5 Å². The number of rotatable bonds is 3. The number of fused-ring (bicyclic) bond motifs is 2. The summed E-state index contributed by atoms with van der Waals surface area (Å²) in [6, 6.07) is 11.7. The summed E-state index contributed by atoms with van der Waals surface area (Å²) in [5.74, 6) is 0.313. The number of pyridine rings is 2. The number of hydrogen-bond acceptors (Lipinski definition) is 5. The van der Waals surface area contributed by atoms with Crippen molar-refractivity contribution < 1.29 is 4.79 Å². The number of nitrogens with zero attached hydrogens (tertiary/aromatic N) is 6. The van der Waals surface area contributed by atoms with E-state index in [-0.39, 0.29) is 5.91 Å². The van der Waals surface area contributed by atoms with Gasteiger partial charge in [-0.3, -0.25) is 14.4 Å². The highest BCUT2D eigenvalue weighted by molar-refractivity contribution is 6.08. The number of aryl methyl sites for hydroxylation is 2. The van der Waals surface area contributed by atoms with Crippen LogP contribution in [-0.4, -0.2) is 32.2 Å². The van der Waals surface area contributed by atoms with Crippen molar-refractivity contribution >= 4 is 22.8 Å². The summed E-state index contributed by atoms with van der Waals surface area (Å²) in [6.07, 6.45) is 6.81. The molecule has 0 N–H and O–H groups in total. The lowest BCUT2D eigenvalue weighted by molar-refractivity contribution is 0.0979. The van der Waals surface area contributed by atoms with E-state index >= 15 is 0 Å². The molecule has 0 fully saturated rings. The van der Waals surface area contributed by atoms with Crippen LogP contribution in [0.2, 0.25) is 0 Å². The van der Waals surface area contributed by atoms with E-state index in [4.69, 9.17) is 0 Å². The molecule has 0 saturated heterocycles. The number of anilines is 1. The number of aromatic nitrogens is 4. The first-order valence-corrected chi connectivity index (χ1v) is 10.1. The maximum absolute atomic E-state index is 13.3. The minimum absolute atomic E-state index is 0.112. The lowest BCUT2D eigenvalue weighted by Crippen LogP contribution is -2.38. The highest BCUT2D eigenvalue weighted by Gasteiger charge is 2.28. The van der Waals surface area contributed by atoms with Crippen LogP contribution < -0.4 is 4.90 Å². The zero-order valence-corrected chi connectivity index (χ0v) is 17.3. The van der Waals surface area contributed by atoms with Crippen LogP contribution in [0.4, 0.5) is 5.82 Å². The summed E-state index contributed by atoms with van der Waals surface area (Å²) < 4.78 is 1.76. The Bertz CT molecular complexity index is 1380. The Kier molecular flexibility index (Phi) is 4.48. The minimum Gasteiger partial charge on any atom is -0.291 e. The van der Waals surface area contributed by atoms with Crippen LogP contribution in [0.1, 0.15) is 38.2 Å². The Morgan fingerprint density at radius 2 is 2.10 bits per heavy atom. The second-order valence-corrected chi connectivity index (χ2v) is 7.86. The summed E-state index contributed by atoms with van der Waals surface area (Å²) in [4.78, 5) is 23.7. The Labute approximate surface area is 179 Å². The van der Waals surface area contributed by atoms with Crippen LogP contribution in [0.5, 0.6) is 0 Å². The Morgan fingerprint density at radius 3 is 2.94 bits per heavy atom. The van der Waals surface area contributed by atoms with Crippen molar-refractivity contribution in [3.63, 3.8) is 0 Å². The van der Waals surface area contributed by atoms with Crippen molar-refractivity contribution in [3.05, 3.63) is 82.3 Å². The molecule has 1 aliphatic rings.